The zero-order chi connectivity index (χ0) is 29.8. The number of fused-ring (bicyclic) bond motifs is 1. The van der Waals surface area contributed by atoms with Crippen molar-refractivity contribution in [2.45, 2.75) is 19.9 Å². The van der Waals surface area contributed by atoms with Gasteiger partial charge in [-0.15, -0.1) is 0 Å². The quantitative estimate of drug-likeness (QED) is 0.212. The first-order chi connectivity index (χ1) is 20.2. The summed E-state index contributed by atoms with van der Waals surface area (Å²) in [6, 6.07) is 19.4. The van der Waals surface area contributed by atoms with E-state index in [0.29, 0.717) is 12.2 Å². The second-order valence-corrected chi connectivity index (χ2v) is 9.93. The standard InChI is InChI=1S/C32H30F2N6O2/c1-20-5-8-25(38-32(41)40(3)30-14-22(31(33)34)11-12-35-30)15-27(20)23-13-24-18-37-29(16-28(24)36-17-23)39(2)19-21-6-9-26(42-4)10-7-21/h5-18,31H,19H2,1-4H3,(H,38,41). The molecule has 2 amide bonds. The van der Waals surface area contributed by atoms with Crippen molar-refractivity contribution in [3.8, 4) is 16.9 Å². The summed E-state index contributed by atoms with van der Waals surface area (Å²) >= 11 is 0. The minimum atomic E-state index is -2.65. The maximum atomic E-state index is 13.1. The first-order valence-corrected chi connectivity index (χ1v) is 13.2. The second kappa shape index (κ2) is 12.2. The lowest BCUT2D eigenvalue weighted by Gasteiger charge is -2.19. The summed E-state index contributed by atoms with van der Waals surface area (Å²) in [5.74, 6) is 1.74. The van der Waals surface area contributed by atoms with Crippen molar-refractivity contribution in [2.75, 3.05) is 36.3 Å². The fraction of sp³-hybridized carbons (Fsp3) is 0.188. The van der Waals surface area contributed by atoms with Gasteiger partial charge in [0.25, 0.3) is 6.43 Å². The molecule has 3 aromatic heterocycles. The molecule has 5 rings (SSSR count). The Hall–Kier alpha value is -5.12. The maximum Gasteiger partial charge on any atom is 0.327 e. The van der Waals surface area contributed by atoms with Gasteiger partial charge in [-0.1, -0.05) is 18.2 Å². The van der Waals surface area contributed by atoms with Crippen molar-refractivity contribution in [1.82, 2.24) is 15.0 Å². The number of aryl methyl sites for hydroxylation is 1. The van der Waals surface area contributed by atoms with Crippen LogP contribution in [0.2, 0.25) is 0 Å². The van der Waals surface area contributed by atoms with E-state index >= 15 is 0 Å². The Morgan fingerprint density at radius 3 is 2.45 bits per heavy atom. The molecular formula is C32H30F2N6O2. The Kier molecular flexibility index (Phi) is 8.24. The molecule has 0 fully saturated rings. The summed E-state index contributed by atoms with van der Waals surface area (Å²) in [6.07, 6.45) is 2.21. The number of urea groups is 1. The molecule has 10 heteroatoms. The number of carbonyl (C=O) groups excluding carboxylic acids is 1. The zero-order valence-corrected chi connectivity index (χ0v) is 23.7. The predicted octanol–water partition coefficient (Wildman–Crippen LogP) is 7.25. The highest BCUT2D eigenvalue weighted by molar-refractivity contribution is 6.01. The van der Waals surface area contributed by atoms with Gasteiger partial charge in [0.15, 0.2) is 0 Å². The third-order valence-corrected chi connectivity index (χ3v) is 6.99. The number of benzene rings is 2. The number of aromatic nitrogens is 3. The fourth-order valence-electron chi connectivity index (χ4n) is 4.53. The van der Waals surface area contributed by atoms with E-state index in [0.717, 1.165) is 44.7 Å². The number of alkyl halides is 2. The van der Waals surface area contributed by atoms with Crippen LogP contribution in [0.3, 0.4) is 0 Å². The van der Waals surface area contributed by atoms with E-state index < -0.39 is 12.5 Å². The third-order valence-electron chi connectivity index (χ3n) is 6.99. The summed E-state index contributed by atoms with van der Waals surface area (Å²) in [5.41, 5.74) is 5.05. The van der Waals surface area contributed by atoms with Crippen molar-refractivity contribution >= 4 is 34.3 Å². The number of nitrogens with one attached hydrogen (secondary N) is 1. The van der Waals surface area contributed by atoms with Gasteiger partial charge < -0.3 is 15.0 Å². The number of rotatable bonds is 8. The van der Waals surface area contributed by atoms with Crippen LogP contribution in [0, 0.1) is 6.92 Å². The number of anilines is 3. The van der Waals surface area contributed by atoms with Crippen molar-refractivity contribution < 1.29 is 18.3 Å². The SMILES string of the molecule is COc1ccc(CN(C)c2cc3ncc(-c4cc(NC(=O)N(C)c5cc(C(F)F)ccn5)ccc4C)cc3cn2)cc1. The molecule has 0 aliphatic rings. The van der Waals surface area contributed by atoms with Gasteiger partial charge in [0.2, 0.25) is 0 Å². The number of nitrogens with zero attached hydrogens (tertiary/aromatic N) is 5. The molecule has 42 heavy (non-hydrogen) atoms. The van der Waals surface area contributed by atoms with Gasteiger partial charge in [0.1, 0.15) is 17.4 Å². The lowest BCUT2D eigenvalue weighted by molar-refractivity contribution is 0.151. The number of ether oxygens (including phenoxy) is 1. The number of hydrogen-bond donors (Lipinski definition) is 1. The summed E-state index contributed by atoms with van der Waals surface area (Å²) < 4.78 is 31.4. The number of amides is 2. The van der Waals surface area contributed by atoms with E-state index in [-0.39, 0.29) is 11.4 Å². The summed E-state index contributed by atoms with van der Waals surface area (Å²) in [5, 5.41) is 3.71. The Morgan fingerprint density at radius 2 is 1.71 bits per heavy atom. The van der Waals surface area contributed by atoms with Gasteiger partial charge in [-0.3, -0.25) is 9.88 Å². The topological polar surface area (TPSA) is 83.5 Å². The third kappa shape index (κ3) is 6.27. The number of hydrogen-bond acceptors (Lipinski definition) is 6. The molecule has 0 saturated heterocycles. The molecule has 0 saturated carbocycles. The lowest BCUT2D eigenvalue weighted by atomic mass is 10.0. The van der Waals surface area contributed by atoms with Crippen LogP contribution >= 0.6 is 0 Å². The molecule has 0 bridgehead atoms. The molecular weight excluding hydrogens is 538 g/mol. The number of carbonyl (C=O) groups is 1. The highest BCUT2D eigenvalue weighted by Crippen LogP contribution is 2.30. The smallest absolute Gasteiger partial charge is 0.327 e. The van der Waals surface area contributed by atoms with E-state index in [2.05, 4.69) is 20.2 Å². The van der Waals surface area contributed by atoms with Crippen LogP contribution in [-0.2, 0) is 6.54 Å². The Morgan fingerprint density at radius 1 is 0.929 bits per heavy atom. The first kappa shape index (κ1) is 28.4. The van der Waals surface area contributed by atoms with Crippen molar-refractivity contribution in [2.24, 2.45) is 0 Å². The van der Waals surface area contributed by atoms with Gasteiger partial charge in [0.05, 0.1) is 12.6 Å². The molecule has 0 aliphatic heterocycles. The molecule has 5 aromatic rings. The summed E-state index contributed by atoms with van der Waals surface area (Å²) in [7, 11) is 5.11. The van der Waals surface area contributed by atoms with Crippen molar-refractivity contribution in [3.63, 3.8) is 0 Å². The molecule has 1 N–H and O–H groups in total. The first-order valence-electron chi connectivity index (χ1n) is 13.2. The van der Waals surface area contributed by atoms with Crippen LogP contribution in [-0.4, -0.2) is 42.2 Å². The summed E-state index contributed by atoms with van der Waals surface area (Å²) in [4.78, 5) is 29.6. The molecule has 0 radical (unpaired) electrons. The molecule has 0 unspecified atom stereocenters. The molecule has 214 valence electrons. The van der Waals surface area contributed by atoms with Crippen LogP contribution in [0.25, 0.3) is 22.0 Å². The van der Waals surface area contributed by atoms with E-state index in [9.17, 15) is 13.6 Å². The van der Waals surface area contributed by atoms with Gasteiger partial charge in [-0.25, -0.2) is 23.5 Å². The predicted molar refractivity (Wildman–Crippen MR) is 161 cm³/mol. The van der Waals surface area contributed by atoms with E-state index in [1.165, 1.54) is 30.3 Å². The normalized spacial score (nSPS) is 11.0. The lowest BCUT2D eigenvalue weighted by Crippen LogP contribution is -2.31. The van der Waals surface area contributed by atoms with Crippen LogP contribution < -0.4 is 19.9 Å². The van der Waals surface area contributed by atoms with Crippen LogP contribution in [0.1, 0.15) is 23.1 Å². The Balaban J connectivity index is 1.33. The van der Waals surface area contributed by atoms with E-state index in [4.69, 9.17) is 9.72 Å². The van der Waals surface area contributed by atoms with Crippen molar-refractivity contribution in [1.29, 1.82) is 0 Å². The van der Waals surface area contributed by atoms with Gasteiger partial charge >= 0.3 is 6.03 Å². The molecule has 8 nitrogen and oxygen atoms in total. The fourth-order valence-corrected chi connectivity index (χ4v) is 4.53. The minimum absolute atomic E-state index is 0.123. The van der Waals surface area contributed by atoms with Gasteiger partial charge in [-0.05, 0) is 66.1 Å². The molecule has 0 aliphatic carbocycles. The zero-order valence-electron chi connectivity index (χ0n) is 23.7. The Bertz CT molecular complexity index is 1730. The largest absolute Gasteiger partial charge is 0.497 e. The number of halogens is 2. The highest BCUT2D eigenvalue weighted by atomic mass is 19.3. The molecule has 0 spiro atoms. The molecule has 3 heterocycles. The van der Waals surface area contributed by atoms with Crippen LogP contribution in [0.15, 0.2) is 85.3 Å². The van der Waals surface area contributed by atoms with Gasteiger partial charge in [-0.2, -0.15) is 0 Å². The second-order valence-electron chi connectivity index (χ2n) is 9.93. The molecule has 2 aromatic carbocycles. The minimum Gasteiger partial charge on any atom is -0.497 e. The average Bonchev–Trinajstić information content (AvgIpc) is 3.01. The summed E-state index contributed by atoms with van der Waals surface area (Å²) in [6.45, 7) is 2.66. The monoisotopic (exact) mass is 568 g/mol. The molecule has 0 atom stereocenters. The Labute approximate surface area is 242 Å². The number of pyridine rings is 3. The van der Waals surface area contributed by atoms with Crippen molar-refractivity contribution in [3.05, 3.63) is 102 Å². The number of methoxy groups -OCH3 is 1. The highest BCUT2D eigenvalue weighted by Gasteiger charge is 2.16. The van der Waals surface area contributed by atoms with Gasteiger partial charge in [0, 0.05) is 67.5 Å². The van der Waals surface area contributed by atoms with E-state index in [1.807, 2.05) is 68.7 Å². The van der Waals surface area contributed by atoms with Crippen LogP contribution in [0.4, 0.5) is 30.9 Å². The average molecular weight is 569 g/mol. The van der Waals surface area contributed by atoms with E-state index in [1.54, 1.807) is 19.4 Å². The van der Waals surface area contributed by atoms with Crippen LogP contribution in [0.5, 0.6) is 5.75 Å². The maximum absolute atomic E-state index is 13.1.